The van der Waals surface area contributed by atoms with Gasteiger partial charge in [0.15, 0.2) is 6.10 Å². The Labute approximate surface area is 245 Å². The van der Waals surface area contributed by atoms with Crippen molar-refractivity contribution in [2.24, 2.45) is 5.92 Å². The Kier molecular flexibility index (Phi) is 7.91. The fourth-order valence-corrected chi connectivity index (χ4v) is 6.63. The van der Waals surface area contributed by atoms with Gasteiger partial charge in [-0.1, -0.05) is 48.9 Å². The van der Waals surface area contributed by atoms with E-state index >= 15 is 0 Å². The van der Waals surface area contributed by atoms with Gasteiger partial charge in [0, 0.05) is 31.1 Å². The number of amides is 2. The van der Waals surface area contributed by atoms with Gasteiger partial charge in [-0.2, -0.15) is 0 Å². The third-order valence-corrected chi connectivity index (χ3v) is 8.87. The molecule has 0 aliphatic carbocycles. The smallest absolute Gasteiger partial charge is 0.268 e. The number of likely N-dealkylation sites (tertiary alicyclic amines) is 2. The van der Waals surface area contributed by atoms with Crippen molar-refractivity contribution in [1.29, 1.82) is 0 Å². The molecule has 8 heteroatoms. The molecule has 1 N–H and O–H groups in total. The first-order chi connectivity index (χ1) is 19.9. The van der Waals surface area contributed by atoms with Crippen LogP contribution < -0.4 is 9.64 Å². The molecule has 3 aliphatic rings. The van der Waals surface area contributed by atoms with Crippen molar-refractivity contribution in [3.05, 3.63) is 66.2 Å². The Hall–Kier alpha value is -3.55. The Morgan fingerprint density at radius 1 is 1.07 bits per heavy atom. The number of piperidine rings is 1. The van der Waals surface area contributed by atoms with E-state index < -0.39 is 6.10 Å². The number of rotatable bonds is 8. The number of phenolic OH excluding ortho intramolecular Hbond substituents is 1. The molecule has 3 aromatic rings. The van der Waals surface area contributed by atoms with Gasteiger partial charge in [-0.15, -0.1) is 0 Å². The van der Waals surface area contributed by atoms with Crippen LogP contribution in [-0.4, -0.2) is 72.1 Å². The summed E-state index contributed by atoms with van der Waals surface area (Å²) in [6.45, 7) is 8.45. The number of carbonyl (C=O) groups excluding carboxylic acids is 2. The van der Waals surface area contributed by atoms with E-state index in [4.69, 9.17) is 16.3 Å². The lowest BCUT2D eigenvalue weighted by atomic mass is 9.95. The predicted octanol–water partition coefficient (Wildman–Crippen LogP) is 5.87. The SMILES string of the molecule is C=CC(=O)N1CC(CN2C(=O)C(CCCN3CCCCC3)Oc3cc(-c4cc(O)cc5ccccc45)c(Cl)cc32)C1. The molecule has 3 aliphatic heterocycles. The van der Waals surface area contributed by atoms with Gasteiger partial charge in [-0.05, 0) is 92.0 Å². The molecule has 6 rings (SSSR count). The van der Waals surface area contributed by atoms with Crippen molar-refractivity contribution in [1.82, 2.24) is 9.80 Å². The van der Waals surface area contributed by atoms with E-state index in [9.17, 15) is 14.7 Å². The Morgan fingerprint density at radius 3 is 2.63 bits per heavy atom. The molecule has 2 amide bonds. The standard InChI is InChI=1S/C33H36ClN3O4/c1-2-32(39)36-19-22(20-36)21-37-29-18-28(34)27(26-16-24(38)15-23-9-4-5-10-25(23)26)17-31(29)41-30(33(37)40)11-8-14-35-12-6-3-7-13-35/h2,4-5,9-10,15-18,22,30,38H,1,3,6-8,11-14,19-21H2. The van der Waals surface area contributed by atoms with Crippen LogP contribution in [0.15, 0.2) is 61.2 Å². The summed E-state index contributed by atoms with van der Waals surface area (Å²) in [5.74, 6) is 0.784. The molecule has 2 fully saturated rings. The number of halogens is 1. The second-order valence-electron chi connectivity index (χ2n) is 11.4. The van der Waals surface area contributed by atoms with Crippen molar-refractivity contribution in [2.45, 2.75) is 38.2 Å². The fourth-order valence-electron chi connectivity index (χ4n) is 6.38. The van der Waals surface area contributed by atoms with Crippen LogP contribution in [0.3, 0.4) is 0 Å². The molecular formula is C33H36ClN3O4. The minimum atomic E-state index is -0.590. The molecule has 1 atom stereocenters. The summed E-state index contributed by atoms with van der Waals surface area (Å²) in [6, 6.07) is 15.0. The molecule has 0 radical (unpaired) electrons. The summed E-state index contributed by atoms with van der Waals surface area (Å²) in [5, 5.41) is 12.8. The average molecular weight is 574 g/mol. The summed E-state index contributed by atoms with van der Waals surface area (Å²) in [6.07, 6.45) is 6.01. The minimum Gasteiger partial charge on any atom is -0.508 e. The highest BCUT2D eigenvalue weighted by Gasteiger charge is 2.39. The minimum absolute atomic E-state index is 0.0590. The average Bonchev–Trinajstić information content (AvgIpc) is 2.96. The predicted molar refractivity (Wildman–Crippen MR) is 163 cm³/mol. The highest BCUT2D eigenvalue weighted by molar-refractivity contribution is 6.34. The summed E-state index contributed by atoms with van der Waals surface area (Å²) in [7, 11) is 0. The van der Waals surface area contributed by atoms with Crippen molar-refractivity contribution in [3.63, 3.8) is 0 Å². The van der Waals surface area contributed by atoms with Crippen LogP contribution in [0.4, 0.5) is 5.69 Å². The third kappa shape index (κ3) is 5.66. The number of benzene rings is 3. The van der Waals surface area contributed by atoms with Gasteiger partial charge < -0.3 is 24.5 Å². The number of aromatic hydroxyl groups is 1. The van der Waals surface area contributed by atoms with E-state index in [-0.39, 0.29) is 23.5 Å². The quantitative estimate of drug-likeness (QED) is 0.341. The van der Waals surface area contributed by atoms with Gasteiger partial charge in [0.1, 0.15) is 11.5 Å². The molecule has 0 spiro atoms. The molecule has 0 bridgehead atoms. The molecule has 0 saturated carbocycles. The van der Waals surface area contributed by atoms with Crippen molar-refractivity contribution in [2.75, 3.05) is 44.2 Å². The largest absolute Gasteiger partial charge is 0.508 e. The van der Waals surface area contributed by atoms with Gasteiger partial charge in [0.05, 0.1) is 10.7 Å². The van der Waals surface area contributed by atoms with Crippen LogP contribution >= 0.6 is 11.6 Å². The lowest BCUT2D eigenvalue weighted by Crippen LogP contribution is -2.56. The summed E-state index contributed by atoms with van der Waals surface area (Å²) >= 11 is 6.89. The summed E-state index contributed by atoms with van der Waals surface area (Å²) in [5.41, 5.74) is 2.19. The molecule has 214 valence electrons. The van der Waals surface area contributed by atoms with Crippen LogP contribution in [0.25, 0.3) is 21.9 Å². The van der Waals surface area contributed by atoms with Crippen LogP contribution in [0.1, 0.15) is 32.1 Å². The normalized spacial score (nSPS) is 19.5. The monoisotopic (exact) mass is 573 g/mol. The Morgan fingerprint density at radius 2 is 1.85 bits per heavy atom. The van der Waals surface area contributed by atoms with E-state index in [2.05, 4.69) is 11.5 Å². The maximum atomic E-state index is 13.8. The van der Waals surface area contributed by atoms with Gasteiger partial charge in [0.2, 0.25) is 5.91 Å². The number of fused-ring (bicyclic) bond motifs is 2. The zero-order valence-corrected chi connectivity index (χ0v) is 24.0. The van der Waals surface area contributed by atoms with Gasteiger partial charge in [-0.3, -0.25) is 9.59 Å². The number of hydrogen-bond acceptors (Lipinski definition) is 5. The van der Waals surface area contributed by atoms with E-state index in [1.165, 1.54) is 25.3 Å². The van der Waals surface area contributed by atoms with Gasteiger partial charge >= 0.3 is 0 Å². The highest BCUT2D eigenvalue weighted by Crippen LogP contribution is 2.45. The number of carbonyl (C=O) groups is 2. The van der Waals surface area contributed by atoms with Gasteiger partial charge in [0.25, 0.3) is 5.91 Å². The molecule has 3 aromatic carbocycles. The molecule has 7 nitrogen and oxygen atoms in total. The third-order valence-electron chi connectivity index (χ3n) is 8.56. The fraction of sp³-hybridized carbons (Fsp3) is 0.394. The van der Waals surface area contributed by atoms with E-state index in [1.807, 2.05) is 30.3 Å². The summed E-state index contributed by atoms with van der Waals surface area (Å²) in [4.78, 5) is 31.8. The van der Waals surface area contributed by atoms with Crippen molar-refractivity contribution >= 4 is 39.9 Å². The molecule has 0 aromatic heterocycles. The van der Waals surface area contributed by atoms with E-state index in [0.29, 0.717) is 42.5 Å². The van der Waals surface area contributed by atoms with E-state index in [1.54, 1.807) is 28.0 Å². The Balaban J connectivity index is 1.30. The van der Waals surface area contributed by atoms with Crippen molar-refractivity contribution in [3.8, 4) is 22.6 Å². The topological polar surface area (TPSA) is 73.3 Å². The van der Waals surface area contributed by atoms with Crippen LogP contribution in [0, 0.1) is 5.92 Å². The lowest BCUT2D eigenvalue weighted by molar-refractivity contribution is -0.132. The van der Waals surface area contributed by atoms with Crippen LogP contribution in [-0.2, 0) is 9.59 Å². The molecule has 41 heavy (non-hydrogen) atoms. The number of phenols is 1. The first-order valence-electron chi connectivity index (χ1n) is 14.6. The summed E-state index contributed by atoms with van der Waals surface area (Å²) < 4.78 is 6.42. The van der Waals surface area contributed by atoms with E-state index in [0.717, 1.165) is 48.0 Å². The molecule has 2 saturated heterocycles. The number of anilines is 1. The van der Waals surface area contributed by atoms with Crippen molar-refractivity contribution < 1.29 is 19.4 Å². The number of hydrogen-bond donors (Lipinski definition) is 1. The van der Waals surface area contributed by atoms with Crippen LogP contribution in [0.2, 0.25) is 5.02 Å². The van der Waals surface area contributed by atoms with Gasteiger partial charge in [-0.25, -0.2) is 0 Å². The first kappa shape index (κ1) is 27.6. The molecule has 1 unspecified atom stereocenters. The molecular weight excluding hydrogens is 538 g/mol. The Bertz CT molecular complexity index is 1480. The number of nitrogens with zero attached hydrogens (tertiary/aromatic N) is 3. The zero-order chi connectivity index (χ0) is 28.5. The zero-order valence-electron chi connectivity index (χ0n) is 23.2. The molecule has 3 heterocycles. The maximum Gasteiger partial charge on any atom is 0.268 e. The lowest BCUT2D eigenvalue weighted by Gasteiger charge is -2.43. The second kappa shape index (κ2) is 11.7. The second-order valence-corrected chi connectivity index (χ2v) is 11.8. The first-order valence-corrected chi connectivity index (χ1v) is 15.0. The number of ether oxygens (including phenoxy) is 1. The maximum absolute atomic E-state index is 13.8. The van der Waals surface area contributed by atoms with Crippen LogP contribution in [0.5, 0.6) is 11.5 Å². The highest BCUT2D eigenvalue weighted by atomic mass is 35.5.